The highest BCUT2D eigenvalue weighted by molar-refractivity contribution is 5.62. The maximum atomic E-state index is 12.6. The third kappa shape index (κ3) is 4.06. The number of nitro groups is 1. The zero-order valence-electron chi connectivity index (χ0n) is 11.9. The largest absolute Gasteiger partial charge is 0.405 e. The standard InChI is InChI=1S/C11H17F3N4O3/c1-7(2)8-9(18(20)21)10(16(3)15-8)17(4-5-19)6-11(12,13)14/h7,19H,4-6H2,1-3H3. The molecule has 7 nitrogen and oxygen atoms in total. The number of hydrogen-bond donors (Lipinski definition) is 1. The molecule has 0 aliphatic rings. The highest BCUT2D eigenvalue weighted by Crippen LogP contribution is 2.36. The third-order valence-electron chi connectivity index (χ3n) is 2.79. The van der Waals surface area contributed by atoms with Crippen LogP contribution in [-0.4, -0.2) is 45.7 Å². The van der Waals surface area contributed by atoms with Crippen molar-refractivity contribution < 1.29 is 23.2 Å². The van der Waals surface area contributed by atoms with Gasteiger partial charge in [-0.15, -0.1) is 0 Å². The molecular formula is C11H17F3N4O3. The van der Waals surface area contributed by atoms with E-state index in [1.54, 1.807) is 13.8 Å². The van der Waals surface area contributed by atoms with Gasteiger partial charge in [0.2, 0.25) is 5.82 Å². The van der Waals surface area contributed by atoms with Crippen LogP contribution in [-0.2, 0) is 7.05 Å². The van der Waals surface area contributed by atoms with Crippen LogP contribution in [0, 0.1) is 10.1 Å². The van der Waals surface area contributed by atoms with Crippen LogP contribution in [0.15, 0.2) is 0 Å². The Morgan fingerprint density at radius 1 is 1.48 bits per heavy atom. The van der Waals surface area contributed by atoms with Gasteiger partial charge in [0.15, 0.2) is 0 Å². The van der Waals surface area contributed by atoms with Crippen molar-refractivity contribution >= 4 is 11.5 Å². The Balaban J connectivity index is 3.39. The molecule has 10 heteroatoms. The fourth-order valence-electron chi connectivity index (χ4n) is 2.04. The first kappa shape index (κ1) is 17.2. The molecule has 0 aliphatic heterocycles. The Labute approximate surface area is 119 Å². The molecule has 0 aromatic carbocycles. The molecule has 0 amide bonds. The number of rotatable bonds is 6. The molecule has 1 heterocycles. The molecule has 0 bridgehead atoms. The fraction of sp³-hybridized carbons (Fsp3) is 0.727. The highest BCUT2D eigenvalue weighted by Gasteiger charge is 2.37. The molecule has 0 saturated heterocycles. The van der Waals surface area contributed by atoms with E-state index >= 15 is 0 Å². The molecular weight excluding hydrogens is 293 g/mol. The van der Waals surface area contributed by atoms with Crippen molar-refractivity contribution in [1.29, 1.82) is 0 Å². The summed E-state index contributed by atoms with van der Waals surface area (Å²) in [6.45, 7) is 0.997. The van der Waals surface area contributed by atoms with Crippen LogP contribution in [0.4, 0.5) is 24.7 Å². The minimum atomic E-state index is -4.55. The Kier molecular flexibility index (Phi) is 5.15. The van der Waals surface area contributed by atoms with Crippen LogP contribution in [0.1, 0.15) is 25.5 Å². The molecule has 21 heavy (non-hydrogen) atoms. The van der Waals surface area contributed by atoms with E-state index in [1.165, 1.54) is 7.05 Å². The second-order valence-corrected chi connectivity index (χ2v) is 4.85. The predicted octanol–water partition coefficient (Wildman–Crippen LogP) is 1.81. The van der Waals surface area contributed by atoms with Gasteiger partial charge in [0.05, 0.1) is 11.5 Å². The quantitative estimate of drug-likeness (QED) is 0.640. The summed E-state index contributed by atoms with van der Waals surface area (Å²) in [4.78, 5) is 11.2. The molecule has 0 unspecified atom stereocenters. The maximum Gasteiger partial charge on any atom is 0.405 e. The van der Waals surface area contributed by atoms with E-state index in [0.717, 1.165) is 9.58 Å². The van der Waals surface area contributed by atoms with Crippen LogP contribution in [0.25, 0.3) is 0 Å². The molecule has 0 atom stereocenters. The lowest BCUT2D eigenvalue weighted by molar-refractivity contribution is -0.385. The lowest BCUT2D eigenvalue weighted by Crippen LogP contribution is -2.37. The van der Waals surface area contributed by atoms with E-state index in [2.05, 4.69) is 5.10 Å². The monoisotopic (exact) mass is 310 g/mol. The van der Waals surface area contributed by atoms with Gasteiger partial charge < -0.3 is 10.0 Å². The number of hydrogen-bond acceptors (Lipinski definition) is 5. The number of alkyl halides is 3. The van der Waals surface area contributed by atoms with Crippen molar-refractivity contribution in [2.24, 2.45) is 7.05 Å². The number of aliphatic hydroxyl groups is 1. The van der Waals surface area contributed by atoms with Gasteiger partial charge in [-0.1, -0.05) is 13.8 Å². The second-order valence-electron chi connectivity index (χ2n) is 4.85. The fourth-order valence-corrected chi connectivity index (χ4v) is 2.04. The van der Waals surface area contributed by atoms with Crippen LogP contribution < -0.4 is 4.90 Å². The van der Waals surface area contributed by atoms with Crippen molar-refractivity contribution in [3.8, 4) is 0 Å². The lowest BCUT2D eigenvalue weighted by Gasteiger charge is -2.24. The minimum absolute atomic E-state index is 0.114. The van der Waals surface area contributed by atoms with Crippen molar-refractivity contribution in [2.75, 3.05) is 24.6 Å². The van der Waals surface area contributed by atoms with E-state index in [0.29, 0.717) is 0 Å². The van der Waals surface area contributed by atoms with Gasteiger partial charge in [-0.3, -0.25) is 10.1 Å². The van der Waals surface area contributed by atoms with Gasteiger partial charge in [-0.25, -0.2) is 4.68 Å². The van der Waals surface area contributed by atoms with E-state index in [4.69, 9.17) is 5.11 Å². The normalized spacial score (nSPS) is 12.0. The first-order valence-corrected chi connectivity index (χ1v) is 6.22. The zero-order valence-corrected chi connectivity index (χ0v) is 11.9. The van der Waals surface area contributed by atoms with Crippen LogP contribution in [0.2, 0.25) is 0 Å². The first-order valence-electron chi connectivity index (χ1n) is 6.22. The molecule has 0 radical (unpaired) electrons. The summed E-state index contributed by atoms with van der Waals surface area (Å²) in [5.74, 6) is -0.567. The van der Waals surface area contributed by atoms with Gasteiger partial charge in [-0.05, 0) is 0 Å². The molecule has 1 rings (SSSR count). The smallest absolute Gasteiger partial charge is 0.395 e. The van der Waals surface area contributed by atoms with E-state index < -0.39 is 29.9 Å². The van der Waals surface area contributed by atoms with E-state index in [-0.39, 0.29) is 24.0 Å². The van der Waals surface area contributed by atoms with Gasteiger partial charge in [0, 0.05) is 19.5 Å². The summed E-state index contributed by atoms with van der Waals surface area (Å²) >= 11 is 0. The van der Waals surface area contributed by atoms with Crippen molar-refractivity contribution in [3.05, 3.63) is 15.8 Å². The number of aryl methyl sites for hydroxylation is 1. The number of aliphatic hydroxyl groups excluding tert-OH is 1. The maximum absolute atomic E-state index is 12.6. The Morgan fingerprint density at radius 3 is 2.43 bits per heavy atom. The van der Waals surface area contributed by atoms with Crippen molar-refractivity contribution in [2.45, 2.75) is 25.9 Å². The molecule has 0 aliphatic carbocycles. The number of anilines is 1. The summed E-state index contributed by atoms with van der Waals surface area (Å²) in [6.07, 6.45) is -4.55. The summed E-state index contributed by atoms with van der Waals surface area (Å²) in [5, 5.41) is 24.1. The minimum Gasteiger partial charge on any atom is -0.395 e. The van der Waals surface area contributed by atoms with Gasteiger partial charge >= 0.3 is 11.9 Å². The summed E-state index contributed by atoms with van der Waals surface area (Å²) < 4.78 is 38.9. The Morgan fingerprint density at radius 2 is 2.05 bits per heavy atom. The van der Waals surface area contributed by atoms with Crippen LogP contribution in [0.3, 0.4) is 0 Å². The van der Waals surface area contributed by atoms with Crippen molar-refractivity contribution in [1.82, 2.24) is 9.78 Å². The SMILES string of the molecule is CC(C)c1nn(C)c(N(CCO)CC(F)(F)F)c1[N+](=O)[O-]. The number of aromatic nitrogens is 2. The average molecular weight is 310 g/mol. The summed E-state index contributed by atoms with van der Waals surface area (Å²) in [7, 11) is 1.34. The van der Waals surface area contributed by atoms with Gasteiger partial charge in [0.1, 0.15) is 12.2 Å². The topological polar surface area (TPSA) is 84.4 Å². The molecule has 1 N–H and O–H groups in total. The molecule has 0 fully saturated rings. The Hall–Kier alpha value is -1.84. The molecule has 120 valence electrons. The molecule has 1 aromatic heterocycles. The molecule has 0 saturated carbocycles. The lowest BCUT2D eigenvalue weighted by atomic mass is 10.1. The van der Waals surface area contributed by atoms with E-state index in [9.17, 15) is 23.3 Å². The molecule has 1 aromatic rings. The predicted molar refractivity (Wildman–Crippen MR) is 69.3 cm³/mol. The van der Waals surface area contributed by atoms with Crippen molar-refractivity contribution in [3.63, 3.8) is 0 Å². The summed E-state index contributed by atoms with van der Waals surface area (Å²) in [6, 6.07) is 0. The second kappa shape index (κ2) is 6.29. The van der Waals surface area contributed by atoms with Crippen LogP contribution >= 0.6 is 0 Å². The van der Waals surface area contributed by atoms with Gasteiger partial charge in [0.25, 0.3) is 0 Å². The molecule has 0 spiro atoms. The highest BCUT2D eigenvalue weighted by atomic mass is 19.4. The summed E-state index contributed by atoms with van der Waals surface area (Å²) in [5.41, 5.74) is -0.340. The zero-order chi connectivity index (χ0) is 16.4. The first-order chi connectivity index (χ1) is 9.58. The Bertz CT molecular complexity index is 514. The average Bonchev–Trinajstić information content (AvgIpc) is 2.64. The number of halogens is 3. The number of nitrogens with zero attached hydrogens (tertiary/aromatic N) is 4. The van der Waals surface area contributed by atoms with Gasteiger partial charge in [-0.2, -0.15) is 18.3 Å². The third-order valence-corrected chi connectivity index (χ3v) is 2.79. The van der Waals surface area contributed by atoms with E-state index in [1.807, 2.05) is 0 Å². The van der Waals surface area contributed by atoms with Crippen LogP contribution in [0.5, 0.6) is 0 Å².